The number of carbonyl (C=O) groups excluding carboxylic acids is 1. The lowest BCUT2D eigenvalue weighted by atomic mass is 10.1. The quantitative estimate of drug-likeness (QED) is 0.833. The first kappa shape index (κ1) is 16.4. The minimum atomic E-state index is 0.0488. The number of anilines is 1. The molecule has 2 aromatic heterocycles. The van der Waals surface area contributed by atoms with Crippen LogP contribution in [0.5, 0.6) is 0 Å². The van der Waals surface area contributed by atoms with Gasteiger partial charge in [-0.25, -0.2) is 0 Å². The van der Waals surface area contributed by atoms with Crippen molar-refractivity contribution in [2.24, 2.45) is 7.05 Å². The second kappa shape index (κ2) is 6.98. The molecule has 2 aromatic rings. The van der Waals surface area contributed by atoms with Gasteiger partial charge in [-0.15, -0.1) is 5.10 Å². The van der Waals surface area contributed by atoms with Gasteiger partial charge in [0, 0.05) is 46.0 Å². The van der Waals surface area contributed by atoms with Gasteiger partial charge in [0.05, 0.1) is 11.7 Å². The van der Waals surface area contributed by atoms with Gasteiger partial charge in [0.25, 0.3) is 0 Å². The monoisotopic (exact) mass is 328 g/mol. The van der Waals surface area contributed by atoms with Gasteiger partial charge < -0.3 is 9.80 Å². The fourth-order valence-corrected chi connectivity index (χ4v) is 3.15. The first-order valence-corrected chi connectivity index (χ1v) is 8.33. The highest BCUT2D eigenvalue weighted by atomic mass is 16.2. The van der Waals surface area contributed by atoms with E-state index in [9.17, 15) is 4.79 Å². The number of likely N-dealkylation sites (tertiary alicyclic amines) is 1. The molecule has 1 saturated heterocycles. The summed E-state index contributed by atoms with van der Waals surface area (Å²) in [5.74, 6) is 1.00. The molecule has 1 fully saturated rings. The van der Waals surface area contributed by atoms with Crippen LogP contribution in [-0.4, -0.2) is 51.4 Å². The number of aromatic nitrogens is 4. The number of rotatable bonds is 5. The molecule has 1 aliphatic heterocycles. The Balaban J connectivity index is 1.66. The predicted molar refractivity (Wildman–Crippen MR) is 91.6 cm³/mol. The minimum Gasteiger partial charge on any atom is -0.361 e. The topological polar surface area (TPSA) is 67.2 Å². The van der Waals surface area contributed by atoms with Crippen molar-refractivity contribution in [1.82, 2.24) is 24.9 Å². The molecule has 1 aliphatic rings. The van der Waals surface area contributed by atoms with Crippen molar-refractivity contribution >= 4 is 11.7 Å². The number of amides is 1. The molecule has 1 unspecified atom stereocenters. The Morgan fingerprint density at radius 1 is 1.29 bits per heavy atom. The first-order valence-electron chi connectivity index (χ1n) is 8.33. The molecule has 1 amide bonds. The second-order valence-corrected chi connectivity index (χ2v) is 6.40. The number of carbonyl (C=O) groups is 1. The third kappa shape index (κ3) is 3.39. The lowest BCUT2D eigenvalue weighted by Gasteiger charge is -2.24. The molecule has 0 aromatic carbocycles. The molecule has 0 radical (unpaired) electrons. The highest BCUT2D eigenvalue weighted by molar-refractivity contribution is 5.77. The van der Waals surface area contributed by atoms with Gasteiger partial charge in [0.1, 0.15) is 0 Å². The number of hydrogen-bond donors (Lipinski definition) is 0. The molecule has 24 heavy (non-hydrogen) atoms. The third-order valence-electron chi connectivity index (χ3n) is 4.56. The Hall–Kier alpha value is -2.44. The predicted octanol–water partition coefficient (Wildman–Crippen LogP) is 1.57. The summed E-state index contributed by atoms with van der Waals surface area (Å²) < 4.78 is 1.82. The molecule has 7 nitrogen and oxygen atoms in total. The maximum atomic E-state index is 12.7. The maximum absolute atomic E-state index is 12.7. The van der Waals surface area contributed by atoms with Crippen LogP contribution in [-0.2, 0) is 18.3 Å². The van der Waals surface area contributed by atoms with Crippen molar-refractivity contribution in [1.29, 1.82) is 0 Å². The van der Waals surface area contributed by atoms with Crippen LogP contribution in [0.2, 0.25) is 0 Å². The van der Waals surface area contributed by atoms with E-state index < -0.39 is 0 Å². The molecular formula is C17H24N6O. The average molecular weight is 328 g/mol. The van der Waals surface area contributed by atoms with Crippen LogP contribution in [0.1, 0.15) is 36.7 Å². The zero-order valence-corrected chi connectivity index (χ0v) is 14.5. The molecule has 0 saturated carbocycles. The Labute approximate surface area is 142 Å². The van der Waals surface area contributed by atoms with Gasteiger partial charge in [0.15, 0.2) is 5.82 Å². The maximum Gasteiger partial charge on any atom is 0.223 e. The molecule has 0 N–H and O–H groups in total. The molecule has 0 bridgehead atoms. The summed E-state index contributed by atoms with van der Waals surface area (Å²) in [7, 11) is 5.78. The number of aryl methyl sites for hydroxylation is 2. The minimum absolute atomic E-state index is 0.0488. The normalized spacial score (nSPS) is 17.3. The Morgan fingerprint density at radius 3 is 2.75 bits per heavy atom. The van der Waals surface area contributed by atoms with E-state index in [-0.39, 0.29) is 11.9 Å². The summed E-state index contributed by atoms with van der Waals surface area (Å²) in [6.07, 6.45) is 4.94. The molecule has 1 atom stereocenters. The molecule has 0 aliphatic carbocycles. The summed E-state index contributed by atoms with van der Waals surface area (Å²) in [5.41, 5.74) is 1.96. The SMILES string of the molecule is CN(C)c1ccc(C2CCCN2C(=O)CCc2ccnn2C)nn1. The zero-order chi connectivity index (χ0) is 17.1. The van der Waals surface area contributed by atoms with E-state index in [0.29, 0.717) is 12.8 Å². The second-order valence-electron chi connectivity index (χ2n) is 6.40. The van der Waals surface area contributed by atoms with E-state index in [0.717, 1.165) is 36.6 Å². The van der Waals surface area contributed by atoms with Crippen LogP contribution >= 0.6 is 0 Å². The van der Waals surface area contributed by atoms with E-state index in [1.54, 1.807) is 6.20 Å². The van der Waals surface area contributed by atoms with E-state index >= 15 is 0 Å². The summed E-state index contributed by atoms with van der Waals surface area (Å²) in [6, 6.07) is 5.95. The molecule has 7 heteroatoms. The fraction of sp³-hybridized carbons (Fsp3) is 0.529. The van der Waals surface area contributed by atoms with E-state index in [1.165, 1.54) is 0 Å². The van der Waals surface area contributed by atoms with Gasteiger partial charge in [-0.3, -0.25) is 9.48 Å². The van der Waals surface area contributed by atoms with Crippen molar-refractivity contribution in [3.05, 3.63) is 35.8 Å². The molecule has 3 rings (SSSR count). The fourth-order valence-electron chi connectivity index (χ4n) is 3.15. The van der Waals surface area contributed by atoms with Crippen LogP contribution < -0.4 is 4.90 Å². The van der Waals surface area contributed by atoms with Crippen molar-refractivity contribution < 1.29 is 4.79 Å². The van der Waals surface area contributed by atoms with Gasteiger partial charge in [0.2, 0.25) is 5.91 Å². The van der Waals surface area contributed by atoms with Crippen molar-refractivity contribution in [3.8, 4) is 0 Å². The Morgan fingerprint density at radius 2 is 2.12 bits per heavy atom. The van der Waals surface area contributed by atoms with E-state index in [4.69, 9.17) is 0 Å². The summed E-state index contributed by atoms with van der Waals surface area (Å²) >= 11 is 0. The molecular weight excluding hydrogens is 304 g/mol. The first-order chi connectivity index (χ1) is 11.6. The average Bonchev–Trinajstić information content (AvgIpc) is 3.21. The highest BCUT2D eigenvalue weighted by Crippen LogP contribution is 2.31. The molecule has 3 heterocycles. The smallest absolute Gasteiger partial charge is 0.223 e. The van der Waals surface area contributed by atoms with E-state index in [2.05, 4.69) is 15.3 Å². The molecule has 0 spiro atoms. The Bertz CT molecular complexity index is 693. The standard InChI is InChI=1S/C17H24N6O/c1-21(2)16-8-7-14(19-20-16)15-5-4-12-23(15)17(24)9-6-13-10-11-18-22(13)3/h7-8,10-11,15H,4-6,9,12H2,1-3H3. The van der Waals surface area contributed by atoms with Crippen molar-refractivity contribution in [2.75, 3.05) is 25.5 Å². The molecule has 128 valence electrons. The van der Waals surface area contributed by atoms with Crippen LogP contribution in [0.4, 0.5) is 5.82 Å². The number of nitrogens with zero attached hydrogens (tertiary/aromatic N) is 6. The summed E-state index contributed by atoms with van der Waals surface area (Å²) in [4.78, 5) is 16.5. The van der Waals surface area contributed by atoms with Gasteiger partial charge >= 0.3 is 0 Å². The largest absolute Gasteiger partial charge is 0.361 e. The zero-order valence-electron chi connectivity index (χ0n) is 14.5. The van der Waals surface area contributed by atoms with Gasteiger partial charge in [-0.05, 0) is 37.5 Å². The van der Waals surface area contributed by atoms with Gasteiger partial charge in [-0.2, -0.15) is 10.2 Å². The lowest BCUT2D eigenvalue weighted by molar-refractivity contribution is -0.132. The highest BCUT2D eigenvalue weighted by Gasteiger charge is 2.31. The van der Waals surface area contributed by atoms with Gasteiger partial charge in [-0.1, -0.05) is 0 Å². The van der Waals surface area contributed by atoms with Crippen molar-refractivity contribution in [2.45, 2.75) is 31.7 Å². The van der Waals surface area contributed by atoms with Crippen LogP contribution in [0.25, 0.3) is 0 Å². The summed E-state index contributed by atoms with van der Waals surface area (Å²) in [6.45, 7) is 0.798. The summed E-state index contributed by atoms with van der Waals surface area (Å²) in [5, 5.41) is 12.7. The van der Waals surface area contributed by atoms with Crippen LogP contribution in [0.15, 0.2) is 24.4 Å². The van der Waals surface area contributed by atoms with Crippen molar-refractivity contribution in [3.63, 3.8) is 0 Å². The lowest BCUT2D eigenvalue weighted by Crippen LogP contribution is -2.31. The Kier molecular flexibility index (Phi) is 4.78. The van der Waals surface area contributed by atoms with Crippen LogP contribution in [0.3, 0.4) is 0 Å². The number of hydrogen-bond acceptors (Lipinski definition) is 5. The third-order valence-corrected chi connectivity index (χ3v) is 4.56. The van der Waals surface area contributed by atoms with Crippen LogP contribution in [0, 0.1) is 0 Å². The van der Waals surface area contributed by atoms with E-state index in [1.807, 2.05) is 53.8 Å².